The van der Waals surface area contributed by atoms with Crippen molar-refractivity contribution in [2.45, 2.75) is 70.0 Å². The van der Waals surface area contributed by atoms with Gasteiger partial charge in [-0.1, -0.05) is 31.5 Å². The van der Waals surface area contributed by atoms with Crippen LogP contribution in [0.5, 0.6) is 0 Å². The lowest BCUT2D eigenvalue weighted by molar-refractivity contribution is -0.603. The van der Waals surface area contributed by atoms with Gasteiger partial charge in [-0.25, -0.2) is 8.42 Å². The molecule has 36 heavy (non-hydrogen) atoms. The van der Waals surface area contributed by atoms with Crippen LogP contribution in [0.25, 0.3) is 11.1 Å². The monoisotopic (exact) mass is 511 g/mol. The lowest BCUT2D eigenvalue weighted by atomic mass is 9.99. The molecule has 2 aromatic rings. The van der Waals surface area contributed by atoms with E-state index in [1.54, 1.807) is 36.1 Å². The van der Waals surface area contributed by atoms with Gasteiger partial charge in [-0.2, -0.15) is 0 Å². The van der Waals surface area contributed by atoms with Crippen LogP contribution < -0.4 is 9.80 Å². The zero-order chi connectivity index (χ0) is 26.2. The molecule has 3 unspecified atom stereocenters. The Bertz CT molecular complexity index is 1300. The molecule has 192 valence electrons. The third kappa shape index (κ3) is 5.07. The molecule has 0 aromatic heterocycles. The minimum Gasteiger partial charge on any atom is -0.306 e. The number of rotatable bonds is 6. The maximum Gasteiger partial charge on any atom is 0.298 e. The Morgan fingerprint density at radius 2 is 1.72 bits per heavy atom. The van der Waals surface area contributed by atoms with Crippen molar-refractivity contribution in [2.24, 2.45) is 5.11 Å². The van der Waals surface area contributed by atoms with E-state index in [1.807, 2.05) is 41.6 Å². The van der Waals surface area contributed by atoms with Crippen LogP contribution in [-0.4, -0.2) is 62.4 Å². The van der Waals surface area contributed by atoms with Crippen molar-refractivity contribution in [1.82, 2.24) is 0 Å². The number of fused-ring (bicyclic) bond motifs is 1. The summed E-state index contributed by atoms with van der Waals surface area (Å²) in [5, 5.41) is 4.71. The summed E-state index contributed by atoms with van der Waals surface area (Å²) in [7, 11) is -3.30. The van der Waals surface area contributed by atoms with Gasteiger partial charge in [0.15, 0.2) is 16.4 Å². The van der Waals surface area contributed by atoms with E-state index >= 15 is 0 Å². The fraction of sp³-hybridized carbons (Fsp3) is 0.481. The van der Waals surface area contributed by atoms with Crippen LogP contribution in [0, 0.1) is 0 Å². The molecule has 0 saturated carbocycles. The van der Waals surface area contributed by atoms with E-state index in [0.717, 1.165) is 30.5 Å². The molecular formula is C27H35N4O4S+. The van der Waals surface area contributed by atoms with E-state index in [4.69, 9.17) is 5.11 Å². The molecule has 2 heterocycles. The van der Waals surface area contributed by atoms with Gasteiger partial charge in [-0.3, -0.25) is 9.59 Å². The molecule has 0 aliphatic carbocycles. The van der Waals surface area contributed by atoms with Crippen LogP contribution in [0.3, 0.4) is 0 Å². The number of anilines is 2. The van der Waals surface area contributed by atoms with Crippen molar-refractivity contribution >= 4 is 33.0 Å². The van der Waals surface area contributed by atoms with Crippen LogP contribution >= 0.6 is 0 Å². The van der Waals surface area contributed by atoms with Gasteiger partial charge >= 0.3 is 0 Å². The van der Waals surface area contributed by atoms with Crippen molar-refractivity contribution in [1.29, 1.82) is 0 Å². The second-order valence-corrected chi connectivity index (χ2v) is 11.9. The minimum atomic E-state index is -3.30. The summed E-state index contributed by atoms with van der Waals surface area (Å²) >= 11 is 0. The summed E-state index contributed by atoms with van der Waals surface area (Å²) in [6, 6.07) is 12.0. The first-order valence-electron chi connectivity index (χ1n) is 12.5. The first-order chi connectivity index (χ1) is 17.0. The number of benzene rings is 2. The molecule has 8 nitrogen and oxygen atoms in total. The van der Waals surface area contributed by atoms with Crippen LogP contribution in [0.1, 0.15) is 47.0 Å². The highest BCUT2D eigenvalue weighted by atomic mass is 32.2. The Kier molecular flexibility index (Phi) is 7.31. The molecule has 9 heteroatoms. The zero-order valence-electron chi connectivity index (χ0n) is 21.6. The van der Waals surface area contributed by atoms with Crippen LogP contribution in [-0.2, 0) is 19.4 Å². The van der Waals surface area contributed by atoms with Gasteiger partial charge in [0.2, 0.25) is 5.91 Å². The largest absolute Gasteiger partial charge is 0.306 e. The lowest BCUT2D eigenvalue weighted by Gasteiger charge is -2.41. The number of hydrogen-bond acceptors (Lipinski definition) is 5. The number of hydrogen-bond donors (Lipinski definition) is 0. The molecule has 0 saturated heterocycles. The molecule has 2 amide bonds. The van der Waals surface area contributed by atoms with E-state index in [0.29, 0.717) is 24.3 Å². The molecule has 0 fully saturated rings. The van der Waals surface area contributed by atoms with E-state index in [2.05, 4.69) is 6.92 Å². The first kappa shape index (κ1) is 26.0. The summed E-state index contributed by atoms with van der Waals surface area (Å²) in [6.45, 7) is 8.81. The Balaban J connectivity index is 1.75. The average molecular weight is 512 g/mol. The maximum atomic E-state index is 14.0. The van der Waals surface area contributed by atoms with E-state index in [9.17, 15) is 18.0 Å². The van der Waals surface area contributed by atoms with Crippen molar-refractivity contribution < 1.29 is 22.7 Å². The van der Waals surface area contributed by atoms with Gasteiger partial charge in [-0.05, 0) is 54.4 Å². The second-order valence-electron chi connectivity index (χ2n) is 9.92. The fourth-order valence-corrected chi connectivity index (χ4v) is 5.79. The van der Waals surface area contributed by atoms with Crippen molar-refractivity contribution in [2.75, 3.05) is 29.1 Å². The molecule has 3 atom stereocenters. The highest BCUT2D eigenvalue weighted by molar-refractivity contribution is 7.90. The second kappa shape index (κ2) is 10.1. The Labute approximate surface area is 213 Å². The first-order valence-corrected chi connectivity index (χ1v) is 14.4. The van der Waals surface area contributed by atoms with E-state index in [-0.39, 0.29) is 34.8 Å². The van der Waals surface area contributed by atoms with Gasteiger partial charge in [-0.15, -0.1) is 4.70 Å². The van der Waals surface area contributed by atoms with Crippen molar-refractivity contribution in [3.63, 3.8) is 0 Å². The summed E-state index contributed by atoms with van der Waals surface area (Å²) < 4.78 is 25.7. The number of unbranched alkanes of at least 4 members (excludes halogenated alkanes) is 1. The number of azo groups is 2. The highest BCUT2D eigenvalue weighted by Crippen LogP contribution is 2.40. The number of amides is 2. The van der Waals surface area contributed by atoms with E-state index in [1.165, 1.54) is 6.26 Å². The molecule has 0 spiro atoms. The van der Waals surface area contributed by atoms with Crippen LogP contribution in [0.4, 0.5) is 11.4 Å². The maximum absolute atomic E-state index is 14.0. The Morgan fingerprint density at radius 3 is 2.33 bits per heavy atom. The zero-order valence-corrected chi connectivity index (χ0v) is 22.5. The fourth-order valence-electron chi connectivity index (χ4n) is 5.16. The summed E-state index contributed by atoms with van der Waals surface area (Å²) in [5.74, 6) is -0.0738. The van der Waals surface area contributed by atoms with E-state index < -0.39 is 9.84 Å². The number of nitrogens with zero attached hydrogens (tertiary/aromatic N) is 4. The SMILES string of the molecule is CCCC[N+]1=NC(C)CC1C(=O)N1CC(C)N(C(C)=O)c2ccc(-c3ccc(S(C)(=O)=O)cc3)cc21. The Morgan fingerprint density at radius 1 is 1.06 bits per heavy atom. The number of carbonyl (C=O) groups excluding carboxylic acids is 2. The van der Waals surface area contributed by atoms with Crippen molar-refractivity contribution in [3.8, 4) is 11.1 Å². The molecule has 2 aliphatic heterocycles. The molecule has 2 aromatic carbocycles. The summed E-state index contributed by atoms with van der Waals surface area (Å²) in [5.41, 5.74) is 3.07. The summed E-state index contributed by atoms with van der Waals surface area (Å²) in [4.78, 5) is 30.3. The predicted octanol–water partition coefficient (Wildman–Crippen LogP) is 4.27. The third-order valence-corrected chi connectivity index (χ3v) is 8.06. The molecule has 2 aliphatic rings. The van der Waals surface area contributed by atoms with Crippen molar-refractivity contribution in [3.05, 3.63) is 42.5 Å². The van der Waals surface area contributed by atoms with Gasteiger partial charge in [0.25, 0.3) is 11.9 Å². The molecular weight excluding hydrogens is 476 g/mol. The highest BCUT2D eigenvalue weighted by Gasteiger charge is 2.44. The molecule has 0 bridgehead atoms. The molecule has 0 N–H and O–H groups in total. The number of carbonyl (C=O) groups is 2. The van der Waals surface area contributed by atoms with Gasteiger partial charge in [0.1, 0.15) is 6.04 Å². The smallest absolute Gasteiger partial charge is 0.298 e. The summed E-state index contributed by atoms with van der Waals surface area (Å²) in [6.07, 6.45) is 3.85. The Hall–Kier alpha value is -3.07. The minimum absolute atomic E-state index is 0.0000735. The predicted molar refractivity (Wildman–Crippen MR) is 140 cm³/mol. The van der Waals surface area contributed by atoms with Gasteiger partial charge in [0.05, 0.1) is 22.3 Å². The normalized spacial score (nSPS) is 21.8. The standard InChI is InChI=1S/C27H35N4O4S/c1-6-7-14-30-26(15-18(2)28-30)27(33)29-17-19(3)31(20(4)32)24-13-10-22(16-25(24)29)21-8-11-23(12-9-21)36(5,34)35/h8-13,16,18-19,26H,6-7,14-15,17H2,1-5H3/q+1. The third-order valence-electron chi connectivity index (χ3n) is 6.93. The topological polar surface area (TPSA) is 90.1 Å². The molecule has 4 rings (SSSR count). The average Bonchev–Trinajstić information content (AvgIpc) is 3.21. The number of sulfone groups is 1. The lowest BCUT2D eigenvalue weighted by Crippen LogP contribution is -2.54. The van der Waals surface area contributed by atoms with Gasteiger partial charge in [0, 0.05) is 32.6 Å². The van der Waals surface area contributed by atoms with Gasteiger partial charge < -0.3 is 9.80 Å². The quantitative estimate of drug-likeness (QED) is 0.542. The molecule has 0 radical (unpaired) electrons. The van der Waals surface area contributed by atoms with Crippen LogP contribution in [0.15, 0.2) is 52.5 Å². The van der Waals surface area contributed by atoms with Crippen LogP contribution in [0.2, 0.25) is 0 Å².